The van der Waals surface area contributed by atoms with E-state index < -0.39 is 5.69 Å². The molecule has 6 nitrogen and oxygen atoms in total. The Morgan fingerprint density at radius 1 is 1.18 bits per heavy atom. The number of nitrogens with zero attached hydrogens (tertiary/aromatic N) is 2. The summed E-state index contributed by atoms with van der Waals surface area (Å²) in [6, 6.07) is 12.2. The third-order valence-electron chi connectivity index (χ3n) is 4.88. The summed E-state index contributed by atoms with van der Waals surface area (Å²) in [5.41, 5.74) is 1.25. The second-order valence-corrected chi connectivity index (χ2v) is 7.74. The van der Waals surface area contributed by atoms with Crippen molar-refractivity contribution in [1.29, 1.82) is 0 Å². The fourth-order valence-electron chi connectivity index (χ4n) is 3.16. The summed E-state index contributed by atoms with van der Waals surface area (Å²) in [6.45, 7) is 5.46. The maximum atomic E-state index is 13.0. The topological polar surface area (TPSA) is 73.1 Å². The standard InChI is InChI=1S/C21H22BrN3O3/c1-4-14(3)25-20(27)16-7-5-6-8-18(16)24(21(25)28)12-19(26)23-17-10-9-15(22)11-13(17)2/h5-11,14H,4,12H2,1-3H3,(H,23,26). The van der Waals surface area contributed by atoms with Crippen molar-refractivity contribution in [3.8, 4) is 0 Å². The molecule has 146 valence electrons. The number of rotatable bonds is 5. The number of carbonyl (C=O) groups excluding carboxylic acids is 1. The smallest absolute Gasteiger partial charge is 0.324 e. The number of halogens is 1. The Morgan fingerprint density at radius 3 is 2.57 bits per heavy atom. The number of aryl methyl sites for hydroxylation is 1. The first-order valence-electron chi connectivity index (χ1n) is 9.13. The summed E-state index contributed by atoms with van der Waals surface area (Å²) in [4.78, 5) is 38.5. The molecule has 7 heteroatoms. The first-order chi connectivity index (χ1) is 13.3. The Morgan fingerprint density at radius 2 is 1.89 bits per heavy atom. The predicted molar refractivity (Wildman–Crippen MR) is 115 cm³/mol. The lowest BCUT2D eigenvalue weighted by atomic mass is 10.2. The van der Waals surface area contributed by atoms with Crippen molar-refractivity contribution in [3.05, 3.63) is 73.3 Å². The maximum Gasteiger partial charge on any atom is 0.332 e. The van der Waals surface area contributed by atoms with Crippen molar-refractivity contribution < 1.29 is 4.79 Å². The van der Waals surface area contributed by atoms with Crippen LogP contribution >= 0.6 is 15.9 Å². The minimum absolute atomic E-state index is 0.175. The molecule has 0 aliphatic rings. The zero-order valence-electron chi connectivity index (χ0n) is 16.0. The lowest BCUT2D eigenvalue weighted by molar-refractivity contribution is -0.116. The predicted octanol–water partition coefficient (Wildman–Crippen LogP) is 3.84. The highest BCUT2D eigenvalue weighted by molar-refractivity contribution is 9.10. The summed E-state index contributed by atoms with van der Waals surface area (Å²) in [5, 5.41) is 3.27. The van der Waals surface area contributed by atoms with E-state index in [2.05, 4.69) is 21.2 Å². The number of benzene rings is 2. The van der Waals surface area contributed by atoms with Crippen LogP contribution in [0.3, 0.4) is 0 Å². The van der Waals surface area contributed by atoms with Gasteiger partial charge in [0, 0.05) is 16.2 Å². The molecular weight excluding hydrogens is 422 g/mol. The SMILES string of the molecule is CCC(C)n1c(=O)c2ccccc2n(CC(=O)Nc2ccc(Br)cc2C)c1=O. The van der Waals surface area contributed by atoms with Gasteiger partial charge in [-0.25, -0.2) is 4.79 Å². The van der Waals surface area contributed by atoms with Crippen LogP contribution in [0.5, 0.6) is 0 Å². The van der Waals surface area contributed by atoms with Gasteiger partial charge in [0.15, 0.2) is 0 Å². The molecule has 0 bridgehead atoms. The summed E-state index contributed by atoms with van der Waals surface area (Å²) >= 11 is 3.40. The molecule has 1 aromatic heterocycles. The molecule has 0 saturated heterocycles. The maximum absolute atomic E-state index is 13.0. The summed E-state index contributed by atoms with van der Waals surface area (Å²) in [7, 11) is 0. The third-order valence-corrected chi connectivity index (χ3v) is 5.37. The van der Waals surface area contributed by atoms with Crippen LogP contribution in [-0.4, -0.2) is 15.0 Å². The van der Waals surface area contributed by atoms with Crippen molar-refractivity contribution in [3.63, 3.8) is 0 Å². The molecule has 0 saturated carbocycles. The molecule has 0 radical (unpaired) electrons. The van der Waals surface area contributed by atoms with E-state index in [0.717, 1.165) is 10.0 Å². The van der Waals surface area contributed by atoms with Gasteiger partial charge in [-0.05, 0) is 56.2 Å². The van der Waals surface area contributed by atoms with E-state index in [1.807, 2.05) is 32.9 Å². The fourth-order valence-corrected chi connectivity index (χ4v) is 3.64. The molecule has 1 unspecified atom stereocenters. The molecule has 1 atom stereocenters. The number of amides is 1. The normalized spacial score (nSPS) is 12.1. The van der Waals surface area contributed by atoms with Crippen molar-refractivity contribution in [1.82, 2.24) is 9.13 Å². The highest BCUT2D eigenvalue weighted by atomic mass is 79.9. The van der Waals surface area contributed by atoms with Crippen LogP contribution in [0.15, 0.2) is 56.5 Å². The van der Waals surface area contributed by atoms with Crippen LogP contribution in [0.1, 0.15) is 31.9 Å². The quantitative estimate of drug-likeness (QED) is 0.650. The Balaban J connectivity index is 2.06. The van der Waals surface area contributed by atoms with Crippen molar-refractivity contribution >= 4 is 38.4 Å². The van der Waals surface area contributed by atoms with Crippen LogP contribution in [0, 0.1) is 6.92 Å². The summed E-state index contributed by atoms with van der Waals surface area (Å²) in [6.07, 6.45) is 0.637. The zero-order chi connectivity index (χ0) is 20.4. The molecular formula is C21H22BrN3O3. The van der Waals surface area contributed by atoms with Gasteiger partial charge in [-0.2, -0.15) is 0 Å². The second kappa shape index (κ2) is 8.14. The van der Waals surface area contributed by atoms with Gasteiger partial charge < -0.3 is 5.32 Å². The fraction of sp³-hybridized carbons (Fsp3) is 0.286. The van der Waals surface area contributed by atoms with Gasteiger partial charge in [0.25, 0.3) is 5.56 Å². The molecule has 1 N–H and O–H groups in total. The average molecular weight is 444 g/mol. The molecule has 0 aliphatic heterocycles. The van der Waals surface area contributed by atoms with Gasteiger partial charge in [-0.3, -0.25) is 18.7 Å². The van der Waals surface area contributed by atoms with Crippen molar-refractivity contribution in [2.24, 2.45) is 0 Å². The van der Waals surface area contributed by atoms with Gasteiger partial charge in [0.2, 0.25) is 5.91 Å². The minimum atomic E-state index is -0.472. The van der Waals surface area contributed by atoms with Crippen molar-refractivity contribution in [2.75, 3.05) is 5.32 Å². The third kappa shape index (κ3) is 3.80. The van der Waals surface area contributed by atoms with E-state index in [1.54, 1.807) is 30.3 Å². The number of nitrogens with one attached hydrogen (secondary N) is 1. The molecule has 0 fully saturated rings. The molecule has 0 aliphatic carbocycles. The van der Waals surface area contributed by atoms with Gasteiger partial charge in [-0.1, -0.05) is 35.0 Å². The molecule has 28 heavy (non-hydrogen) atoms. The van der Waals surface area contributed by atoms with E-state index in [-0.39, 0.29) is 24.1 Å². The minimum Gasteiger partial charge on any atom is -0.324 e. The number of para-hydroxylation sites is 1. The van der Waals surface area contributed by atoms with Gasteiger partial charge in [0.1, 0.15) is 6.54 Å². The zero-order valence-corrected chi connectivity index (χ0v) is 17.6. The first-order valence-corrected chi connectivity index (χ1v) is 9.92. The first kappa shape index (κ1) is 20.1. The Bertz CT molecular complexity index is 1160. The van der Waals surface area contributed by atoms with Gasteiger partial charge in [-0.15, -0.1) is 0 Å². The van der Waals surface area contributed by atoms with Crippen LogP contribution in [0.2, 0.25) is 0 Å². The molecule has 3 rings (SSSR count). The van der Waals surface area contributed by atoms with E-state index in [9.17, 15) is 14.4 Å². The van der Waals surface area contributed by atoms with Gasteiger partial charge in [0.05, 0.1) is 10.9 Å². The Kier molecular flexibility index (Phi) is 5.84. The monoisotopic (exact) mass is 443 g/mol. The largest absolute Gasteiger partial charge is 0.332 e. The number of aromatic nitrogens is 2. The summed E-state index contributed by atoms with van der Waals surface area (Å²) in [5.74, 6) is -0.327. The van der Waals surface area contributed by atoms with Crippen LogP contribution in [0.4, 0.5) is 5.69 Å². The second-order valence-electron chi connectivity index (χ2n) is 6.83. The molecule has 3 aromatic rings. The molecule has 0 spiro atoms. The lowest BCUT2D eigenvalue weighted by Crippen LogP contribution is -2.43. The molecule has 1 amide bonds. The highest BCUT2D eigenvalue weighted by Crippen LogP contribution is 2.20. The summed E-state index contributed by atoms with van der Waals surface area (Å²) < 4.78 is 3.53. The van der Waals surface area contributed by atoms with E-state index >= 15 is 0 Å². The van der Waals surface area contributed by atoms with E-state index in [4.69, 9.17) is 0 Å². The van der Waals surface area contributed by atoms with Crippen molar-refractivity contribution in [2.45, 2.75) is 39.8 Å². The Hall–Kier alpha value is -2.67. The number of hydrogen-bond acceptors (Lipinski definition) is 3. The van der Waals surface area contributed by atoms with Crippen LogP contribution in [-0.2, 0) is 11.3 Å². The number of carbonyl (C=O) groups is 1. The van der Waals surface area contributed by atoms with Crippen LogP contribution in [0.25, 0.3) is 10.9 Å². The van der Waals surface area contributed by atoms with Crippen LogP contribution < -0.4 is 16.6 Å². The van der Waals surface area contributed by atoms with E-state index in [0.29, 0.717) is 23.0 Å². The number of hydrogen-bond donors (Lipinski definition) is 1. The average Bonchev–Trinajstić information content (AvgIpc) is 2.67. The van der Waals surface area contributed by atoms with E-state index in [1.165, 1.54) is 9.13 Å². The van der Waals surface area contributed by atoms with Gasteiger partial charge >= 0.3 is 5.69 Å². The number of anilines is 1. The Labute approximate surface area is 170 Å². The lowest BCUT2D eigenvalue weighted by Gasteiger charge is -2.17. The molecule has 2 aromatic carbocycles. The number of fused-ring (bicyclic) bond motifs is 1. The molecule has 1 heterocycles. The highest BCUT2D eigenvalue weighted by Gasteiger charge is 2.18.